The van der Waals surface area contributed by atoms with Gasteiger partial charge in [0.2, 0.25) is 0 Å². The summed E-state index contributed by atoms with van der Waals surface area (Å²) in [6.07, 6.45) is -3.43. The summed E-state index contributed by atoms with van der Waals surface area (Å²) in [5.74, 6) is -0.302. The molecule has 0 aliphatic heterocycles. The highest BCUT2D eigenvalue weighted by atomic mass is 35.5. The summed E-state index contributed by atoms with van der Waals surface area (Å²) in [4.78, 5) is 10.9. The first-order valence-corrected chi connectivity index (χ1v) is 6.66. The molecule has 2 aromatic carbocycles. The van der Waals surface area contributed by atoms with Gasteiger partial charge in [-0.25, -0.2) is 0 Å². The SMILES string of the molecule is O=CCC(c1ccc(C(F)(F)F)cc1)c1cccc(Cl)c1. The summed E-state index contributed by atoms with van der Waals surface area (Å²) in [5.41, 5.74) is 0.744. The molecule has 1 unspecified atom stereocenters. The van der Waals surface area contributed by atoms with Crippen LogP contribution in [0.4, 0.5) is 13.2 Å². The number of carbonyl (C=O) groups excluding carboxylic acids is 1. The highest BCUT2D eigenvalue weighted by Gasteiger charge is 2.30. The normalized spacial score (nSPS) is 13.0. The first kappa shape index (κ1) is 15.6. The maximum Gasteiger partial charge on any atom is 0.416 e. The predicted molar refractivity (Wildman–Crippen MR) is 75.4 cm³/mol. The fraction of sp³-hybridized carbons (Fsp3) is 0.188. The van der Waals surface area contributed by atoms with Crippen LogP contribution in [-0.2, 0) is 11.0 Å². The van der Waals surface area contributed by atoms with Gasteiger partial charge in [-0.3, -0.25) is 0 Å². The molecule has 21 heavy (non-hydrogen) atoms. The summed E-state index contributed by atoms with van der Waals surface area (Å²) >= 11 is 5.92. The molecule has 0 amide bonds. The monoisotopic (exact) mass is 312 g/mol. The summed E-state index contributed by atoms with van der Waals surface area (Å²) in [6, 6.07) is 11.8. The smallest absolute Gasteiger partial charge is 0.303 e. The number of rotatable bonds is 4. The molecule has 0 saturated heterocycles. The van der Waals surface area contributed by atoms with E-state index in [4.69, 9.17) is 11.6 Å². The molecule has 110 valence electrons. The van der Waals surface area contributed by atoms with Crippen LogP contribution in [0.3, 0.4) is 0 Å². The van der Waals surface area contributed by atoms with Crippen molar-refractivity contribution < 1.29 is 18.0 Å². The van der Waals surface area contributed by atoms with E-state index in [9.17, 15) is 18.0 Å². The van der Waals surface area contributed by atoms with Crippen molar-refractivity contribution in [3.8, 4) is 0 Å². The molecular weight excluding hydrogens is 301 g/mol. The number of hydrogen-bond donors (Lipinski definition) is 0. The second-order valence-electron chi connectivity index (χ2n) is 4.63. The maximum atomic E-state index is 12.6. The molecule has 0 N–H and O–H groups in total. The molecule has 0 fully saturated rings. The van der Waals surface area contributed by atoms with Gasteiger partial charge in [-0.05, 0) is 35.4 Å². The van der Waals surface area contributed by atoms with E-state index in [-0.39, 0.29) is 12.3 Å². The standard InChI is InChI=1S/C16H12ClF3O/c17-14-3-1-2-12(10-14)15(8-9-21)11-4-6-13(7-5-11)16(18,19)20/h1-7,9-10,15H,8H2. The molecule has 0 aromatic heterocycles. The molecule has 1 nitrogen and oxygen atoms in total. The minimum atomic E-state index is -4.37. The van der Waals surface area contributed by atoms with Crippen molar-refractivity contribution in [3.63, 3.8) is 0 Å². The number of alkyl halides is 3. The van der Waals surface area contributed by atoms with Gasteiger partial charge in [-0.1, -0.05) is 35.9 Å². The average molecular weight is 313 g/mol. The fourth-order valence-corrected chi connectivity index (χ4v) is 2.39. The van der Waals surface area contributed by atoms with Gasteiger partial charge in [0.15, 0.2) is 0 Å². The fourth-order valence-electron chi connectivity index (χ4n) is 2.19. The molecule has 0 spiro atoms. The molecule has 0 heterocycles. The molecule has 2 aromatic rings. The minimum Gasteiger partial charge on any atom is -0.303 e. The van der Waals surface area contributed by atoms with Crippen molar-refractivity contribution in [2.45, 2.75) is 18.5 Å². The Morgan fingerprint density at radius 1 is 1.05 bits per heavy atom. The molecule has 0 saturated carbocycles. The molecule has 1 atom stereocenters. The predicted octanol–water partition coefficient (Wildman–Crippen LogP) is 5.08. The lowest BCUT2D eigenvalue weighted by atomic mass is 9.88. The average Bonchev–Trinajstić information content (AvgIpc) is 2.44. The molecule has 0 radical (unpaired) electrons. The lowest BCUT2D eigenvalue weighted by molar-refractivity contribution is -0.137. The third-order valence-electron chi connectivity index (χ3n) is 3.22. The Bertz CT molecular complexity index is 620. The van der Waals surface area contributed by atoms with Crippen LogP contribution in [0.15, 0.2) is 48.5 Å². The van der Waals surface area contributed by atoms with Gasteiger partial charge in [0.1, 0.15) is 6.29 Å². The van der Waals surface area contributed by atoms with Crippen LogP contribution in [0.1, 0.15) is 29.0 Å². The number of halogens is 4. The van der Waals surface area contributed by atoms with Crippen LogP contribution in [0, 0.1) is 0 Å². The van der Waals surface area contributed by atoms with Crippen LogP contribution < -0.4 is 0 Å². The highest BCUT2D eigenvalue weighted by Crippen LogP contribution is 2.33. The Morgan fingerprint density at radius 2 is 1.71 bits per heavy atom. The Kier molecular flexibility index (Phi) is 4.68. The van der Waals surface area contributed by atoms with Crippen LogP contribution >= 0.6 is 11.6 Å². The zero-order chi connectivity index (χ0) is 15.5. The quantitative estimate of drug-likeness (QED) is 0.720. The Hall–Kier alpha value is -1.81. The van der Waals surface area contributed by atoms with E-state index in [1.165, 1.54) is 12.1 Å². The Morgan fingerprint density at radius 3 is 2.24 bits per heavy atom. The van der Waals surface area contributed by atoms with Crippen molar-refractivity contribution in [2.75, 3.05) is 0 Å². The minimum absolute atomic E-state index is 0.186. The zero-order valence-electron chi connectivity index (χ0n) is 10.9. The van der Waals surface area contributed by atoms with Crippen molar-refractivity contribution in [1.29, 1.82) is 0 Å². The second-order valence-corrected chi connectivity index (χ2v) is 5.07. The summed E-state index contributed by atoms with van der Waals surface area (Å²) in [5, 5.41) is 0.523. The number of benzene rings is 2. The number of carbonyl (C=O) groups is 1. The van der Waals surface area contributed by atoms with Gasteiger partial charge in [0, 0.05) is 17.4 Å². The van der Waals surface area contributed by atoms with Gasteiger partial charge in [0.05, 0.1) is 5.56 Å². The van der Waals surface area contributed by atoms with E-state index >= 15 is 0 Å². The van der Waals surface area contributed by atoms with E-state index < -0.39 is 11.7 Å². The molecule has 0 aliphatic rings. The first-order chi connectivity index (χ1) is 9.91. The third-order valence-corrected chi connectivity index (χ3v) is 3.46. The van der Waals surface area contributed by atoms with Crippen LogP contribution in [0.25, 0.3) is 0 Å². The third kappa shape index (κ3) is 3.85. The summed E-state index contributed by atoms with van der Waals surface area (Å²) < 4.78 is 37.7. The van der Waals surface area contributed by atoms with E-state index in [1.807, 2.05) is 0 Å². The number of aldehydes is 1. The van der Waals surface area contributed by atoms with Crippen LogP contribution in [0.2, 0.25) is 5.02 Å². The lowest BCUT2D eigenvalue weighted by Crippen LogP contribution is -2.06. The van der Waals surface area contributed by atoms with Crippen LogP contribution in [0.5, 0.6) is 0 Å². The molecule has 0 aliphatic carbocycles. The molecular formula is C16H12ClF3O. The van der Waals surface area contributed by atoms with Crippen LogP contribution in [-0.4, -0.2) is 6.29 Å². The Labute approximate surface area is 125 Å². The van der Waals surface area contributed by atoms with Crippen molar-refractivity contribution in [3.05, 3.63) is 70.2 Å². The van der Waals surface area contributed by atoms with Crippen molar-refractivity contribution in [1.82, 2.24) is 0 Å². The van der Waals surface area contributed by atoms with Gasteiger partial charge < -0.3 is 4.79 Å². The number of hydrogen-bond acceptors (Lipinski definition) is 1. The van der Waals surface area contributed by atoms with Crippen molar-refractivity contribution >= 4 is 17.9 Å². The summed E-state index contributed by atoms with van der Waals surface area (Å²) in [6.45, 7) is 0. The molecule has 5 heteroatoms. The van der Waals surface area contributed by atoms with E-state index in [2.05, 4.69) is 0 Å². The van der Waals surface area contributed by atoms with Gasteiger partial charge in [-0.2, -0.15) is 13.2 Å². The summed E-state index contributed by atoms with van der Waals surface area (Å²) in [7, 11) is 0. The van der Waals surface area contributed by atoms with E-state index in [0.29, 0.717) is 10.6 Å². The lowest BCUT2D eigenvalue weighted by Gasteiger charge is -2.16. The molecule has 2 rings (SSSR count). The van der Waals surface area contributed by atoms with Gasteiger partial charge in [0.25, 0.3) is 0 Å². The first-order valence-electron chi connectivity index (χ1n) is 6.28. The van der Waals surface area contributed by atoms with E-state index in [1.54, 1.807) is 24.3 Å². The topological polar surface area (TPSA) is 17.1 Å². The second kappa shape index (κ2) is 6.31. The zero-order valence-corrected chi connectivity index (χ0v) is 11.7. The highest BCUT2D eigenvalue weighted by molar-refractivity contribution is 6.30. The molecule has 0 bridgehead atoms. The van der Waals surface area contributed by atoms with Crippen molar-refractivity contribution in [2.24, 2.45) is 0 Å². The largest absolute Gasteiger partial charge is 0.416 e. The van der Waals surface area contributed by atoms with Gasteiger partial charge >= 0.3 is 6.18 Å². The maximum absolute atomic E-state index is 12.6. The van der Waals surface area contributed by atoms with Gasteiger partial charge in [-0.15, -0.1) is 0 Å². The van der Waals surface area contributed by atoms with E-state index in [0.717, 1.165) is 24.0 Å². The Balaban J connectivity index is 2.37.